The number of allylic oxidation sites excluding steroid dienone is 6. The molecule has 0 aromatic heterocycles. The van der Waals surface area contributed by atoms with Crippen LogP contribution >= 0.6 is 0 Å². The predicted octanol–water partition coefficient (Wildman–Crippen LogP) is 16.5. The van der Waals surface area contributed by atoms with Crippen molar-refractivity contribution in [1.82, 2.24) is 0 Å². The third-order valence-electron chi connectivity index (χ3n) is 11.1. The van der Waals surface area contributed by atoms with E-state index in [1.165, 1.54) is 148 Å². The van der Waals surface area contributed by atoms with Crippen molar-refractivity contribution in [3.8, 4) is 0 Å². The Morgan fingerprint density at radius 1 is 0.339 bits per heavy atom. The van der Waals surface area contributed by atoms with E-state index in [0.29, 0.717) is 19.3 Å². The fourth-order valence-electron chi connectivity index (χ4n) is 7.23. The minimum atomic E-state index is -0.775. The lowest BCUT2D eigenvalue weighted by molar-refractivity contribution is -0.167. The van der Waals surface area contributed by atoms with Gasteiger partial charge in [-0.3, -0.25) is 14.4 Å². The van der Waals surface area contributed by atoms with Gasteiger partial charge >= 0.3 is 17.9 Å². The summed E-state index contributed by atoms with van der Waals surface area (Å²) >= 11 is 0. The molecule has 1 atom stereocenters. The van der Waals surface area contributed by atoms with Crippen molar-refractivity contribution in [3.05, 3.63) is 36.5 Å². The van der Waals surface area contributed by atoms with Crippen LogP contribution in [0.3, 0.4) is 0 Å². The van der Waals surface area contributed by atoms with Gasteiger partial charge in [0.25, 0.3) is 0 Å². The minimum Gasteiger partial charge on any atom is -0.462 e. The number of hydrogen-bond acceptors (Lipinski definition) is 6. The van der Waals surface area contributed by atoms with Crippen LogP contribution in [0.4, 0.5) is 0 Å². The second kappa shape index (κ2) is 48.3. The first-order valence-corrected chi connectivity index (χ1v) is 25.5. The highest BCUT2D eigenvalue weighted by molar-refractivity contribution is 5.71. The number of ether oxygens (including phenoxy) is 3. The Balaban J connectivity index is 4.35. The van der Waals surface area contributed by atoms with Gasteiger partial charge in [-0.1, -0.05) is 205 Å². The van der Waals surface area contributed by atoms with E-state index in [1.54, 1.807) is 0 Å². The van der Waals surface area contributed by atoms with E-state index in [1.807, 2.05) is 0 Å². The Morgan fingerprint density at radius 3 is 1.00 bits per heavy atom. The van der Waals surface area contributed by atoms with Gasteiger partial charge in [0.2, 0.25) is 0 Å². The average Bonchev–Trinajstić information content (AvgIpc) is 3.23. The normalized spacial score (nSPS) is 12.3. The molecule has 0 aliphatic carbocycles. The maximum atomic E-state index is 12.8. The van der Waals surface area contributed by atoms with Crippen LogP contribution < -0.4 is 0 Å². The number of unbranched alkanes of at least 4 members (excludes halogenated alkanes) is 29. The van der Waals surface area contributed by atoms with Gasteiger partial charge in [-0.15, -0.1) is 0 Å². The summed E-state index contributed by atoms with van der Waals surface area (Å²) in [6.07, 6.45) is 55.5. The molecule has 0 aliphatic heterocycles. The lowest BCUT2D eigenvalue weighted by atomic mass is 10.1. The molecule has 6 heteroatoms. The molecule has 344 valence electrons. The fraction of sp³-hybridized carbons (Fsp3) is 0.830. The standard InChI is InChI=1S/C53H96O6/c1-4-7-10-13-16-19-22-24-25-26-27-29-31-34-37-40-43-46-52(55)58-49-50(48-57-51(54)45-42-39-36-33-30-21-18-15-12-9-6-3)59-53(56)47-44-41-38-35-32-28-23-20-17-14-11-8-5-2/h16,19-20,23-25,50H,4-15,17-18,21-22,26-49H2,1-3H3/b19-16-,23-20-,25-24-/t50-/m0/s1. The number of carbonyl (C=O) groups excluding carboxylic acids is 3. The number of rotatable bonds is 46. The van der Waals surface area contributed by atoms with Crippen molar-refractivity contribution in [3.63, 3.8) is 0 Å². The second-order valence-corrected chi connectivity index (χ2v) is 17.1. The summed E-state index contributed by atoms with van der Waals surface area (Å²) in [6.45, 7) is 6.59. The van der Waals surface area contributed by atoms with E-state index in [4.69, 9.17) is 14.2 Å². The molecule has 0 fully saturated rings. The molecule has 0 aromatic rings. The summed E-state index contributed by atoms with van der Waals surface area (Å²) in [5, 5.41) is 0. The van der Waals surface area contributed by atoms with E-state index in [0.717, 1.165) is 77.0 Å². The summed E-state index contributed by atoms with van der Waals surface area (Å²) in [4.78, 5) is 37.9. The van der Waals surface area contributed by atoms with Crippen molar-refractivity contribution < 1.29 is 28.6 Å². The van der Waals surface area contributed by atoms with Crippen LogP contribution in [0, 0.1) is 0 Å². The zero-order chi connectivity index (χ0) is 43.0. The zero-order valence-corrected chi connectivity index (χ0v) is 39.3. The van der Waals surface area contributed by atoms with Crippen LogP contribution in [0.15, 0.2) is 36.5 Å². The number of carbonyl (C=O) groups is 3. The Morgan fingerprint density at radius 2 is 0.610 bits per heavy atom. The molecule has 0 saturated heterocycles. The Bertz CT molecular complexity index is 1000. The molecule has 6 nitrogen and oxygen atoms in total. The van der Waals surface area contributed by atoms with Gasteiger partial charge in [-0.25, -0.2) is 0 Å². The molecule has 0 amide bonds. The van der Waals surface area contributed by atoms with Gasteiger partial charge < -0.3 is 14.2 Å². The van der Waals surface area contributed by atoms with Gasteiger partial charge in [-0.2, -0.15) is 0 Å². The van der Waals surface area contributed by atoms with Crippen LogP contribution in [0.25, 0.3) is 0 Å². The van der Waals surface area contributed by atoms with E-state index >= 15 is 0 Å². The molecule has 0 aliphatic rings. The highest BCUT2D eigenvalue weighted by Crippen LogP contribution is 2.15. The monoisotopic (exact) mass is 829 g/mol. The molecule has 0 bridgehead atoms. The summed E-state index contributed by atoms with van der Waals surface area (Å²) in [6, 6.07) is 0. The van der Waals surface area contributed by atoms with Crippen LogP contribution in [-0.4, -0.2) is 37.2 Å². The van der Waals surface area contributed by atoms with Gasteiger partial charge in [0.05, 0.1) is 0 Å². The van der Waals surface area contributed by atoms with Crippen molar-refractivity contribution in [2.45, 2.75) is 271 Å². The molecule has 0 rings (SSSR count). The van der Waals surface area contributed by atoms with Crippen molar-refractivity contribution >= 4 is 17.9 Å². The SMILES string of the molecule is CCCCC/C=C\C/C=C\CCCCCCCCCC(=O)OC[C@H](COC(=O)CCCCCCCCCCCCC)OC(=O)CCCCCCC/C=C\CCCCCC. The smallest absolute Gasteiger partial charge is 0.306 e. The Hall–Kier alpha value is -2.37. The second-order valence-electron chi connectivity index (χ2n) is 17.1. The van der Waals surface area contributed by atoms with Crippen molar-refractivity contribution in [2.24, 2.45) is 0 Å². The Labute approximate surface area is 365 Å². The first-order valence-electron chi connectivity index (χ1n) is 25.5. The lowest BCUT2D eigenvalue weighted by Crippen LogP contribution is -2.30. The highest BCUT2D eigenvalue weighted by atomic mass is 16.6. The molecule has 0 saturated carbocycles. The summed E-state index contributed by atoms with van der Waals surface area (Å²) in [5.74, 6) is -0.885. The maximum Gasteiger partial charge on any atom is 0.306 e. The lowest BCUT2D eigenvalue weighted by Gasteiger charge is -2.18. The summed E-state index contributed by atoms with van der Waals surface area (Å²) < 4.78 is 16.8. The van der Waals surface area contributed by atoms with Crippen LogP contribution in [0.2, 0.25) is 0 Å². The molecule has 59 heavy (non-hydrogen) atoms. The molecule has 0 aromatic carbocycles. The predicted molar refractivity (Wildman–Crippen MR) is 252 cm³/mol. The van der Waals surface area contributed by atoms with Crippen molar-refractivity contribution in [2.75, 3.05) is 13.2 Å². The quantitative estimate of drug-likeness (QED) is 0.0263. The number of hydrogen-bond donors (Lipinski definition) is 0. The molecule has 0 N–H and O–H groups in total. The average molecular weight is 829 g/mol. The topological polar surface area (TPSA) is 78.9 Å². The molecule has 0 unspecified atom stereocenters. The molecule has 0 spiro atoms. The summed E-state index contributed by atoms with van der Waals surface area (Å²) in [7, 11) is 0. The minimum absolute atomic E-state index is 0.0754. The Kier molecular flexibility index (Phi) is 46.4. The number of esters is 3. The van der Waals surface area contributed by atoms with E-state index < -0.39 is 6.10 Å². The van der Waals surface area contributed by atoms with Crippen LogP contribution in [-0.2, 0) is 28.6 Å². The van der Waals surface area contributed by atoms with Crippen molar-refractivity contribution in [1.29, 1.82) is 0 Å². The van der Waals surface area contributed by atoms with Gasteiger partial charge in [0.15, 0.2) is 6.10 Å². The van der Waals surface area contributed by atoms with Crippen LogP contribution in [0.1, 0.15) is 265 Å². The highest BCUT2D eigenvalue weighted by Gasteiger charge is 2.19. The zero-order valence-electron chi connectivity index (χ0n) is 39.3. The maximum absolute atomic E-state index is 12.8. The first-order chi connectivity index (χ1) is 29.0. The van der Waals surface area contributed by atoms with E-state index in [-0.39, 0.29) is 31.1 Å². The molecule has 0 radical (unpaired) electrons. The fourth-order valence-corrected chi connectivity index (χ4v) is 7.23. The first kappa shape index (κ1) is 56.6. The van der Waals surface area contributed by atoms with Gasteiger partial charge in [0, 0.05) is 19.3 Å². The molecule has 0 heterocycles. The van der Waals surface area contributed by atoms with Gasteiger partial charge in [0.1, 0.15) is 13.2 Å². The summed E-state index contributed by atoms with van der Waals surface area (Å²) in [5.41, 5.74) is 0. The molecular weight excluding hydrogens is 733 g/mol. The van der Waals surface area contributed by atoms with E-state index in [9.17, 15) is 14.4 Å². The van der Waals surface area contributed by atoms with Gasteiger partial charge in [-0.05, 0) is 77.0 Å². The van der Waals surface area contributed by atoms with E-state index in [2.05, 4.69) is 57.2 Å². The largest absolute Gasteiger partial charge is 0.462 e. The third kappa shape index (κ3) is 46.5. The third-order valence-corrected chi connectivity index (χ3v) is 11.1. The molecular formula is C53H96O6. The van der Waals surface area contributed by atoms with Crippen LogP contribution in [0.5, 0.6) is 0 Å².